The lowest BCUT2D eigenvalue weighted by atomic mass is 9.91. The summed E-state index contributed by atoms with van der Waals surface area (Å²) in [4.78, 5) is 1.48. The second-order valence-electron chi connectivity index (χ2n) is 8.66. The topological polar surface area (TPSA) is 57.2 Å². The van der Waals surface area contributed by atoms with Crippen LogP contribution in [0.2, 0.25) is 0 Å². The van der Waals surface area contributed by atoms with Gasteiger partial charge in [0, 0.05) is 16.3 Å². The summed E-state index contributed by atoms with van der Waals surface area (Å²) >= 11 is 0. The van der Waals surface area contributed by atoms with Crippen molar-refractivity contribution < 1.29 is 87.6 Å². The van der Waals surface area contributed by atoms with E-state index in [-0.39, 0.29) is 0 Å². The van der Waals surface area contributed by atoms with Crippen LogP contribution in [0, 0.1) is 6.92 Å². The van der Waals surface area contributed by atoms with E-state index in [9.17, 15) is 87.6 Å². The lowest BCUT2D eigenvalue weighted by Gasteiger charge is -2.42. The van der Waals surface area contributed by atoms with Crippen molar-refractivity contribution in [3.05, 3.63) is 42.0 Å². The fourth-order valence-electron chi connectivity index (χ4n) is 3.08. The quantitative estimate of drug-likeness (QED) is 0.160. The van der Waals surface area contributed by atoms with Gasteiger partial charge in [-0.15, -0.1) is 0 Å². The Hall–Kier alpha value is -2.23. The van der Waals surface area contributed by atoms with Crippen molar-refractivity contribution in [3.63, 3.8) is 0 Å². The van der Waals surface area contributed by atoms with Gasteiger partial charge in [0.05, 0.1) is 0 Å². The summed E-state index contributed by atoms with van der Waals surface area (Å²) in [7, 11) is -7.81. The third kappa shape index (κ3) is 5.94. The fourth-order valence-corrected chi connectivity index (χ4v) is 4.48. The molecule has 3 nitrogen and oxygen atoms in total. The van der Waals surface area contributed by atoms with Crippen LogP contribution < -0.4 is 0 Å². The van der Waals surface area contributed by atoms with E-state index in [0.29, 0.717) is 10.9 Å². The molecule has 0 fully saturated rings. The van der Waals surface area contributed by atoms with Crippen molar-refractivity contribution in [2.24, 2.45) is 0 Å². The molecule has 0 heterocycles. The Morgan fingerprint density at radius 3 is 1.26 bits per heavy atom. The second-order valence-corrected chi connectivity index (χ2v) is 12.2. The Morgan fingerprint density at radius 1 is 0.558 bits per heavy atom. The van der Waals surface area contributed by atoms with E-state index in [1.807, 2.05) is 0 Å². The van der Waals surface area contributed by atoms with Crippen molar-refractivity contribution in [1.29, 1.82) is 0 Å². The molecular formula is C21H15F17O3S2. The Balaban J connectivity index is 0.000000541. The molecule has 0 saturated carbocycles. The summed E-state index contributed by atoms with van der Waals surface area (Å²) < 4.78 is 244. The zero-order valence-electron chi connectivity index (χ0n) is 20.9. The molecule has 0 aliphatic rings. The van der Waals surface area contributed by atoms with Gasteiger partial charge in [0.2, 0.25) is 0 Å². The third-order valence-corrected chi connectivity index (χ3v) is 7.67. The molecule has 248 valence electrons. The normalized spacial score (nSPS) is 15.0. The Kier molecular flexibility index (Phi) is 10.2. The highest BCUT2D eigenvalue weighted by atomic mass is 32.2. The van der Waals surface area contributed by atoms with E-state index in [0.717, 1.165) is 0 Å². The number of rotatable bonds is 8. The number of aryl methyl sites for hydroxylation is 1. The van der Waals surface area contributed by atoms with Crippen LogP contribution in [0.15, 0.2) is 41.3 Å². The molecule has 0 saturated heterocycles. The molecule has 0 bridgehead atoms. The minimum Gasteiger partial charge on any atom is -0.743 e. The summed E-state index contributed by atoms with van der Waals surface area (Å²) in [5.74, 6) is -52.1. The van der Waals surface area contributed by atoms with Gasteiger partial charge in [0.15, 0.2) is 15.0 Å². The summed E-state index contributed by atoms with van der Waals surface area (Å²) in [6.45, 7) is 2.18. The van der Waals surface area contributed by atoms with Crippen LogP contribution in [0.5, 0.6) is 0 Å². The monoisotopic (exact) mass is 702 g/mol. The maximum absolute atomic E-state index is 13.0. The average molecular weight is 702 g/mol. The number of benzene rings is 2. The van der Waals surface area contributed by atoms with Gasteiger partial charge in [-0.25, -0.2) is 8.42 Å². The van der Waals surface area contributed by atoms with Crippen molar-refractivity contribution in [2.75, 3.05) is 12.5 Å². The first-order valence-corrected chi connectivity index (χ1v) is 13.9. The Morgan fingerprint density at radius 2 is 0.907 bits per heavy atom. The lowest BCUT2D eigenvalue weighted by molar-refractivity contribution is -0.458. The molecule has 0 unspecified atom stereocenters. The molecule has 2 aromatic rings. The highest BCUT2D eigenvalue weighted by Crippen LogP contribution is 2.64. The fraction of sp³-hybridized carbons (Fsp3) is 0.524. The molecule has 43 heavy (non-hydrogen) atoms. The molecule has 0 aromatic heterocycles. The van der Waals surface area contributed by atoms with Crippen LogP contribution in [0.1, 0.15) is 5.56 Å². The summed E-state index contributed by atoms with van der Waals surface area (Å²) in [5, 5.41) is -5.14. The zero-order valence-corrected chi connectivity index (χ0v) is 22.6. The van der Waals surface area contributed by atoms with Crippen LogP contribution in [0.4, 0.5) is 74.6 Å². The van der Waals surface area contributed by atoms with Crippen LogP contribution in [0.25, 0.3) is 10.8 Å². The van der Waals surface area contributed by atoms with Crippen molar-refractivity contribution in [3.8, 4) is 0 Å². The largest absolute Gasteiger partial charge is 0.743 e. The van der Waals surface area contributed by atoms with Gasteiger partial charge in [-0.1, -0.05) is 24.3 Å². The van der Waals surface area contributed by atoms with E-state index in [4.69, 9.17) is 0 Å². The lowest BCUT2D eigenvalue weighted by Crippen LogP contribution is -2.75. The summed E-state index contributed by atoms with van der Waals surface area (Å²) in [6, 6.07) is 13.2. The molecule has 0 aliphatic heterocycles. The molecular weight excluding hydrogens is 687 g/mol. The zero-order chi connectivity index (χ0) is 34.6. The molecule has 2 aromatic carbocycles. The van der Waals surface area contributed by atoms with Gasteiger partial charge < -0.3 is 4.55 Å². The average Bonchev–Trinajstić information content (AvgIpc) is 2.82. The third-order valence-electron chi connectivity index (χ3n) is 5.55. The standard InChI is InChI=1S/C13H15S.C8HF17O3S/c1-10-8-9-13(14(2)3)12-7-5-4-6-11(10)12;9-1(10,3(13,14)5(17,18)7(21,22)23)2(11,12)4(15,16)6(19,20)8(24,25)29(26,27)28/h4-9H,1-3H3;(H,26,27,28)/q+1;/p-1. The maximum atomic E-state index is 13.0. The van der Waals surface area contributed by atoms with E-state index in [1.165, 1.54) is 21.2 Å². The number of fused-ring (bicyclic) bond motifs is 1. The minimum atomic E-state index is -8.92. The van der Waals surface area contributed by atoms with E-state index in [1.54, 1.807) is 0 Å². The first-order valence-electron chi connectivity index (χ1n) is 10.4. The molecule has 0 atom stereocenters. The number of hydrogen-bond donors (Lipinski definition) is 0. The van der Waals surface area contributed by atoms with Crippen LogP contribution >= 0.6 is 0 Å². The maximum Gasteiger partial charge on any atom is 0.460 e. The van der Waals surface area contributed by atoms with Crippen molar-refractivity contribution in [2.45, 2.75) is 58.8 Å². The van der Waals surface area contributed by atoms with Crippen LogP contribution in [-0.2, 0) is 21.0 Å². The number of hydrogen-bond acceptors (Lipinski definition) is 3. The second kappa shape index (κ2) is 11.3. The predicted molar refractivity (Wildman–Crippen MR) is 117 cm³/mol. The molecule has 0 N–H and O–H groups in total. The Bertz CT molecular complexity index is 1420. The minimum absolute atomic E-state index is 0.338. The van der Waals surface area contributed by atoms with E-state index in [2.05, 4.69) is 55.8 Å². The molecule has 0 amide bonds. The van der Waals surface area contributed by atoms with Crippen LogP contribution in [0.3, 0.4) is 0 Å². The molecule has 2 rings (SSSR count). The smallest absolute Gasteiger partial charge is 0.460 e. The molecule has 0 spiro atoms. The van der Waals surface area contributed by atoms with Gasteiger partial charge in [-0.2, -0.15) is 74.6 Å². The van der Waals surface area contributed by atoms with Crippen molar-refractivity contribution in [1.82, 2.24) is 0 Å². The van der Waals surface area contributed by atoms with Gasteiger partial charge in [-0.3, -0.25) is 0 Å². The highest BCUT2D eigenvalue weighted by molar-refractivity contribution is 7.95. The highest BCUT2D eigenvalue weighted by Gasteiger charge is 2.95. The molecule has 22 heteroatoms. The number of halogens is 17. The first-order chi connectivity index (χ1) is 18.7. The summed E-state index contributed by atoms with van der Waals surface area (Å²) in [5.41, 5.74) is 1.37. The van der Waals surface area contributed by atoms with E-state index >= 15 is 0 Å². The van der Waals surface area contributed by atoms with Gasteiger partial charge in [0.25, 0.3) is 0 Å². The number of alkyl halides is 17. The Labute approximate surface area is 233 Å². The van der Waals surface area contributed by atoms with Gasteiger partial charge >= 0.3 is 47.0 Å². The SMILES string of the molecule is Cc1ccc([S+](C)C)c2ccccc12.O=S(=O)([O-])C(F)(F)C(F)(F)C(F)(F)C(F)(F)C(F)(F)C(F)(F)C(F)(F)C(F)(F)F. The first kappa shape index (κ1) is 38.8. The predicted octanol–water partition coefficient (Wildman–Crippen LogP) is 7.88. The molecule has 0 aliphatic carbocycles. The van der Waals surface area contributed by atoms with E-state index < -0.39 is 57.1 Å². The van der Waals surface area contributed by atoms with Crippen LogP contribution in [-0.4, -0.2) is 72.4 Å². The molecule has 0 radical (unpaired) electrons. The summed E-state index contributed by atoms with van der Waals surface area (Å²) in [6.07, 6.45) is -3.34. The van der Waals surface area contributed by atoms with Gasteiger partial charge in [0.1, 0.15) is 12.5 Å². The van der Waals surface area contributed by atoms with Gasteiger partial charge in [-0.05, 0) is 30.0 Å². The van der Waals surface area contributed by atoms with Crippen molar-refractivity contribution >= 4 is 31.8 Å².